The van der Waals surface area contributed by atoms with Gasteiger partial charge in [0.05, 0.1) is 0 Å². The summed E-state index contributed by atoms with van der Waals surface area (Å²) in [7, 11) is 2.18. The fraction of sp³-hybridized carbons (Fsp3) is 1.00. The second-order valence-electron chi connectivity index (χ2n) is 5.90. The van der Waals surface area contributed by atoms with Crippen molar-refractivity contribution in [2.45, 2.75) is 47.1 Å². The Bertz CT molecular complexity index is 147. The second kappa shape index (κ2) is 5.72. The lowest BCUT2D eigenvalue weighted by Gasteiger charge is -2.30. The molecule has 0 aromatic carbocycles. The zero-order valence-electron chi connectivity index (χ0n) is 10.8. The Morgan fingerprint density at radius 1 is 1.21 bits per heavy atom. The van der Waals surface area contributed by atoms with Crippen LogP contribution >= 0.6 is 0 Å². The van der Waals surface area contributed by atoms with Gasteiger partial charge in [-0.25, -0.2) is 0 Å². The fourth-order valence-electron chi connectivity index (χ4n) is 1.71. The molecule has 14 heavy (non-hydrogen) atoms. The van der Waals surface area contributed by atoms with Crippen molar-refractivity contribution in [2.75, 3.05) is 20.1 Å². The number of nitrogens with two attached hydrogens (primary N) is 1. The van der Waals surface area contributed by atoms with Crippen LogP contribution in [-0.4, -0.2) is 31.1 Å². The molecule has 0 aliphatic heterocycles. The van der Waals surface area contributed by atoms with Gasteiger partial charge in [-0.15, -0.1) is 0 Å². The SMILES string of the molecule is CC(C)N(C)CC(CN)CC(C)(C)C. The molecule has 0 heterocycles. The standard InChI is InChI=1S/C12H28N2/c1-10(2)14(6)9-11(8-13)7-12(3,4)5/h10-11H,7-9,13H2,1-6H3. The van der Waals surface area contributed by atoms with Crippen molar-refractivity contribution < 1.29 is 0 Å². The molecule has 0 bridgehead atoms. The van der Waals surface area contributed by atoms with E-state index in [1.807, 2.05) is 0 Å². The van der Waals surface area contributed by atoms with E-state index in [-0.39, 0.29) is 0 Å². The van der Waals surface area contributed by atoms with Gasteiger partial charge in [0.1, 0.15) is 0 Å². The zero-order valence-corrected chi connectivity index (χ0v) is 10.8. The summed E-state index contributed by atoms with van der Waals surface area (Å²) >= 11 is 0. The molecule has 2 heteroatoms. The van der Waals surface area contributed by atoms with Crippen LogP contribution in [0, 0.1) is 11.3 Å². The van der Waals surface area contributed by atoms with Crippen molar-refractivity contribution in [1.82, 2.24) is 4.90 Å². The number of rotatable bonds is 5. The predicted octanol–water partition coefficient (Wildman–Crippen LogP) is 2.34. The molecule has 0 aliphatic rings. The Kier molecular flexibility index (Phi) is 5.68. The molecule has 2 N–H and O–H groups in total. The van der Waals surface area contributed by atoms with Gasteiger partial charge < -0.3 is 10.6 Å². The van der Waals surface area contributed by atoms with Crippen LogP contribution in [0.15, 0.2) is 0 Å². The van der Waals surface area contributed by atoms with E-state index in [9.17, 15) is 0 Å². The van der Waals surface area contributed by atoms with Crippen LogP contribution in [0.25, 0.3) is 0 Å². The molecule has 0 amide bonds. The molecule has 0 rings (SSSR count). The van der Waals surface area contributed by atoms with Gasteiger partial charge in [-0.1, -0.05) is 20.8 Å². The third kappa shape index (κ3) is 6.39. The van der Waals surface area contributed by atoms with E-state index in [0.717, 1.165) is 13.1 Å². The van der Waals surface area contributed by atoms with Gasteiger partial charge in [0.2, 0.25) is 0 Å². The molecule has 0 saturated carbocycles. The van der Waals surface area contributed by atoms with E-state index in [1.54, 1.807) is 0 Å². The average Bonchev–Trinajstić information content (AvgIpc) is 2.00. The van der Waals surface area contributed by atoms with Crippen LogP contribution in [0.2, 0.25) is 0 Å². The van der Waals surface area contributed by atoms with Crippen molar-refractivity contribution in [2.24, 2.45) is 17.1 Å². The highest BCUT2D eigenvalue weighted by Gasteiger charge is 2.19. The molecule has 0 aliphatic carbocycles. The molecule has 0 radical (unpaired) electrons. The monoisotopic (exact) mass is 200 g/mol. The largest absolute Gasteiger partial charge is 0.330 e. The molecular formula is C12H28N2. The first-order valence-corrected chi connectivity index (χ1v) is 5.66. The Morgan fingerprint density at radius 2 is 1.71 bits per heavy atom. The lowest BCUT2D eigenvalue weighted by Crippen LogP contribution is -2.36. The minimum atomic E-state index is 0.391. The summed E-state index contributed by atoms with van der Waals surface area (Å²) in [4.78, 5) is 2.38. The maximum atomic E-state index is 5.80. The molecule has 0 spiro atoms. The highest BCUT2D eigenvalue weighted by molar-refractivity contribution is 4.73. The molecule has 1 unspecified atom stereocenters. The Balaban J connectivity index is 4.03. The highest BCUT2D eigenvalue weighted by Crippen LogP contribution is 2.24. The first-order valence-electron chi connectivity index (χ1n) is 5.66. The third-order valence-electron chi connectivity index (χ3n) is 2.66. The lowest BCUT2D eigenvalue weighted by atomic mass is 9.84. The first-order chi connectivity index (χ1) is 6.26. The van der Waals surface area contributed by atoms with Crippen molar-refractivity contribution in [1.29, 1.82) is 0 Å². The summed E-state index contributed by atoms with van der Waals surface area (Å²) in [5, 5.41) is 0. The normalized spacial score (nSPS) is 15.2. The zero-order chi connectivity index (χ0) is 11.4. The van der Waals surface area contributed by atoms with Gasteiger partial charge in [0.25, 0.3) is 0 Å². The third-order valence-corrected chi connectivity index (χ3v) is 2.66. The van der Waals surface area contributed by atoms with E-state index >= 15 is 0 Å². The summed E-state index contributed by atoms with van der Waals surface area (Å²) < 4.78 is 0. The molecule has 1 atom stereocenters. The molecule has 0 aromatic heterocycles. The summed E-state index contributed by atoms with van der Waals surface area (Å²) in [6, 6.07) is 0.615. The first kappa shape index (κ1) is 13.9. The number of nitrogens with zero attached hydrogens (tertiary/aromatic N) is 1. The average molecular weight is 200 g/mol. The van der Waals surface area contributed by atoms with Crippen LogP contribution < -0.4 is 5.73 Å². The van der Waals surface area contributed by atoms with Gasteiger partial charge in [-0.2, -0.15) is 0 Å². The maximum absolute atomic E-state index is 5.80. The minimum Gasteiger partial charge on any atom is -0.330 e. The van der Waals surface area contributed by atoms with Crippen LogP contribution in [0.4, 0.5) is 0 Å². The molecule has 0 saturated heterocycles. The Labute approximate surface area is 89.9 Å². The fourth-order valence-corrected chi connectivity index (χ4v) is 1.71. The topological polar surface area (TPSA) is 29.3 Å². The lowest BCUT2D eigenvalue weighted by molar-refractivity contribution is 0.193. The Morgan fingerprint density at radius 3 is 2.00 bits per heavy atom. The maximum Gasteiger partial charge on any atom is 0.00356 e. The van der Waals surface area contributed by atoms with Crippen LogP contribution in [0.3, 0.4) is 0 Å². The van der Waals surface area contributed by atoms with E-state index < -0.39 is 0 Å². The van der Waals surface area contributed by atoms with E-state index in [2.05, 4.69) is 46.6 Å². The summed E-state index contributed by atoms with van der Waals surface area (Å²) in [6.45, 7) is 13.2. The molecule has 86 valence electrons. The molecule has 0 fully saturated rings. The van der Waals surface area contributed by atoms with Crippen molar-refractivity contribution >= 4 is 0 Å². The van der Waals surface area contributed by atoms with Gasteiger partial charge in [-0.3, -0.25) is 0 Å². The van der Waals surface area contributed by atoms with Crippen molar-refractivity contribution in [3.8, 4) is 0 Å². The molecule has 2 nitrogen and oxygen atoms in total. The van der Waals surface area contributed by atoms with Gasteiger partial charge in [0.15, 0.2) is 0 Å². The second-order valence-corrected chi connectivity index (χ2v) is 5.90. The van der Waals surface area contributed by atoms with Crippen molar-refractivity contribution in [3.05, 3.63) is 0 Å². The van der Waals surface area contributed by atoms with Crippen LogP contribution in [0.1, 0.15) is 41.0 Å². The summed E-state index contributed by atoms with van der Waals surface area (Å²) in [5.74, 6) is 0.627. The Hall–Kier alpha value is -0.0800. The van der Waals surface area contributed by atoms with Gasteiger partial charge in [0, 0.05) is 12.6 Å². The smallest absolute Gasteiger partial charge is 0.00356 e. The van der Waals surface area contributed by atoms with Crippen molar-refractivity contribution in [3.63, 3.8) is 0 Å². The van der Waals surface area contributed by atoms with Crippen LogP contribution in [-0.2, 0) is 0 Å². The predicted molar refractivity (Wildman–Crippen MR) is 64.4 cm³/mol. The highest BCUT2D eigenvalue weighted by atomic mass is 15.1. The molecular weight excluding hydrogens is 172 g/mol. The van der Waals surface area contributed by atoms with E-state index in [0.29, 0.717) is 17.4 Å². The minimum absolute atomic E-state index is 0.391. The van der Waals surface area contributed by atoms with Gasteiger partial charge in [-0.05, 0) is 45.2 Å². The van der Waals surface area contributed by atoms with E-state index in [4.69, 9.17) is 5.73 Å². The number of hydrogen-bond donors (Lipinski definition) is 1. The van der Waals surface area contributed by atoms with Gasteiger partial charge >= 0.3 is 0 Å². The number of hydrogen-bond acceptors (Lipinski definition) is 2. The van der Waals surface area contributed by atoms with E-state index in [1.165, 1.54) is 6.42 Å². The summed E-state index contributed by atoms with van der Waals surface area (Å²) in [6.07, 6.45) is 1.21. The quantitative estimate of drug-likeness (QED) is 0.738. The molecule has 0 aromatic rings. The summed E-state index contributed by atoms with van der Waals surface area (Å²) in [5.41, 5.74) is 6.19. The van der Waals surface area contributed by atoms with Crippen LogP contribution in [0.5, 0.6) is 0 Å².